The van der Waals surface area contributed by atoms with E-state index in [0.29, 0.717) is 21.9 Å². The predicted octanol–water partition coefficient (Wildman–Crippen LogP) is 7.26. The Hall–Kier alpha value is -4.04. The molecule has 0 radical (unpaired) electrons. The molecule has 0 amide bonds. The molecule has 2 aromatic heterocycles. The number of oxazole rings is 1. The number of methoxy groups -OCH3 is 1. The number of aromatic nitrogens is 2. The zero-order valence-electron chi connectivity index (χ0n) is 18.8. The molecule has 0 bridgehead atoms. The maximum atomic E-state index is 14.6. The number of rotatable bonds is 6. The van der Waals surface area contributed by atoms with Crippen molar-refractivity contribution in [3.8, 4) is 17.2 Å². The van der Waals surface area contributed by atoms with E-state index in [4.69, 9.17) is 20.8 Å². The molecule has 0 aliphatic carbocycles. The summed E-state index contributed by atoms with van der Waals surface area (Å²) in [5.41, 5.74) is -0.198. The van der Waals surface area contributed by atoms with Crippen molar-refractivity contribution in [1.82, 2.24) is 9.55 Å². The monoisotopic (exact) mass is 510 g/mol. The molecule has 0 saturated heterocycles. The third-order valence-corrected chi connectivity index (χ3v) is 6.02. The summed E-state index contributed by atoms with van der Waals surface area (Å²) in [6.45, 7) is -0.131. The molecule has 0 unspecified atom stereocenters. The maximum Gasteiger partial charge on any atom is 0.432 e. The van der Waals surface area contributed by atoms with Gasteiger partial charge in [0.1, 0.15) is 11.4 Å². The second-order valence-corrected chi connectivity index (χ2v) is 8.48. The number of fused-ring (bicyclic) bond motifs is 1. The number of benzene rings is 3. The first kappa shape index (κ1) is 23.7. The number of nitrogens with zero attached hydrogens (tertiary/aromatic N) is 2. The summed E-state index contributed by atoms with van der Waals surface area (Å²) in [5, 5.41) is 0.561. The molecular formula is C27H18ClF3N2O3. The predicted molar refractivity (Wildman–Crippen MR) is 129 cm³/mol. The number of ketones is 1. The van der Waals surface area contributed by atoms with Gasteiger partial charge in [0.2, 0.25) is 11.7 Å². The second-order valence-electron chi connectivity index (χ2n) is 8.04. The van der Waals surface area contributed by atoms with Gasteiger partial charge in [-0.2, -0.15) is 13.2 Å². The van der Waals surface area contributed by atoms with Gasteiger partial charge in [0.05, 0.1) is 18.9 Å². The highest BCUT2D eigenvalue weighted by Gasteiger charge is 2.42. The maximum absolute atomic E-state index is 14.6. The van der Waals surface area contributed by atoms with Gasteiger partial charge in [-0.25, -0.2) is 4.98 Å². The minimum absolute atomic E-state index is 0.0956. The van der Waals surface area contributed by atoms with E-state index in [2.05, 4.69) is 4.98 Å². The number of hydrogen-bond acceptors (Lipinski definition) is 4. The molecule has 0 aliphatic heterocycles. The Balaban J connectivity index is 1.71. The van der Waals surface area contributed by atoms with Gasteiger partial charge in [-0.15, -0.1) is 0 Å². The number of carbonyl (C=O) groups excluding carboxylic acids is 1. The molecule has 0 spiro atoms. The fourth-order valence-corrected chi connectivity index (χ4v) is 4.26. The molecule has 2 heterocycles. The standard InChI is InChI=1S/C27H18ClF3N2O3/c1-35-19-11-12-21-20(13-19)23(24(34)22-14-32-26(36-22)17-5-3-2-4-6-17)25(27(29,30)31)33(21)15-16-7-9-18(28)10-8-16/h2-14H,15H2,1H3. The Labute approximate surface area is 208 Å². The Morgan fingerprint density at radius 3 is 2.44 bits per heavy atom. The topological polar surface area (TPSA) is 57.3 Å². The van der Waals surface area contributed by atoms with Gasteiger partial charge in [0.25, 0.3) is 0 Å². The first-order valence-corrected chi connectivity index (χ1v) is 11.2. The molecule has 0 fully saturated rings. The Kier molecular flexibility index (Phi) is 6.05. The van der Waals surface area contributed by atoms with Gasteiger partial charge in [-0.1, -0.05) is 41.9 Å². The number of alkyl halides is 3. The molecule has 36 heavy (non-hydrogen) atoms. The van der Waals surface area contributed by atoms with E-state index in [9.17, 15) is 18.0 Å². The molecule has 182 valence electrons. The lowest BCUT2D eigenvalue weighted by Crippen LogP contribution is -2.18. The van der Waals surface area contributed by atoms with Crippen LogP contribution in [-0.2, 0) is 12.7 Å². The zero-order chi connectivity index (χ0) is 25.4. The van der Waals surface area contributed by atoms with Crippen LogP contribution in [0.4, 0.5) is 13.2 Å². The summed E-state index contributed by atoms with van der Waals surface area (Å²) in [5.74, 6) is -0.774. The summed E-state index contributed by atoms with van der Waals surface area (Å²) < 4.78 is 55.7. The highest BCUT2D eigenvalue weighted by Crippen LogP contribution is 2.41. The number of ether oxygens (including phenoxy) is 1. The van der Waals surface area contributed by atoms with E-state index >= 15 is 0 Å². The van der Waals surface area contributed by atoms with E-state index in [1.54, 1.807) is 60.7 Å². The van der Waals surface area contributed by atoms with Crippen LogP contribution in [0.25, 0.3) is 22.4 Å². The quantitative estimate of drug-likeness (QED) is 0.226. The lowest BCUT2D eigenvalue weighted by Gasteiger charge is -2.15. The van der Waals surface area contributed by atoms with E-state index < -0.39 is 23.2 Å². The first-order valence-electron chi connectivity index (χ1n) is 10.8. The van der Waals surface area contributed by atoms with E-state index in [-0.39, 0.29) is 29.1 Å². The third-order valence-electron chi connectivity index (χ3n) is 5.77. The van der Waals surface area contributed by atoms with Crippen molar-refractivity contribution in [2.45, 2.75) is 12.7 Å². The normalized spacial score (nSPS) is 11.7. The van der Waals surface area contributed by atoms with Crippen molar-refractivity contribution in [3.05, 3.63) is 107 Å². The molecule has 0 saturated carbocycles. The minimum atomic E-state index is -4.84. The Bertz CT molecular complexity index is 1560. The van der Waals surface area contributed by atoms with Crippen molar-refractivity contribution >= 4 is 28.3 Å². The van der Waals surface area contributed by atoms with Crippen LogP contribution in [0.5, 0.6) is 5.75 Å². The summed E-state index contributed by atoms with van der Waals surface area (Å²) >= 11 is 5.95. The van der Waals surface area contributed by atoms with Crippen molar-refractivity contribution in [2.24, 2.45) is 0 Å². The Morgan fingerprint density at radius 1 is 1.06 bits per heavy atom. The Morgan fingerprint density at radius 2 is 1.78 bits per heavy atom. The molecule has 3 aromatic carbocycles. The highest BCUT2D eigenvalue weighted by molar-refractivity contribution is 6.30. The zero-order valence-corrected chi connectivity index (χ0v) is 19.6. The molecular weight excluding hydrogens is 493 g/mol. The number of carbonyl (C=O) groups is 1. The van der Waals surface area contributed by atoms with E-state index in [1.807, 2.05) is 0 Å². The number of halogens is 4. The van der Waals surface area contributed by atoms with Crippen LogP contribution >= 0.6 is 11.6 Å². The summed E-state index contributed by atoms with van der Waals surface area (Å²) in [7, 11) is 1.40. The highest BCUT2D eigenvalue weighted by atomic mass is 35.5. The molecule has 5 rings (SSSR count). The van der Waals surface area contributed by atoms with E-state index in [1.165, 1.54) is 19.2 Å². The van der Waals surface area contributed by atoms with Crippen LogP contribution in [0, 0.1) is 0 Å². The summed E-state index contributed by atoms with van der Waals surface area (Å²) in [4.78, 5) is 17.7. The first-order chi connectivity index (χ1) is 17.3. The van der Waals surface area contributed by atoms with Gasteiger partial charge < -0.3 is 13.7 Å². The average molecular weight is 511 g/mol. The van der Waals surface area contributed by atoms with Crippen molar-refractivity contribution in [2.75, 3.05) is 7.11 Å². The van der Waals surface area contributed by atoms with Gasteiger partial charge in [0.15, 0.2) is 5.76 Å². The van der Waals surface area contributed by atoms with Crippen LogP contribution in [0.2, 0.25) is 5.02 Å². The molecule has 0 N–H and O–H groups in total. The van der Waals surface area contributed by atoms with Crippen LogP contribution in [0.1, 0.15) is 27.4 Å². The lowest BCUT2D eigenvalue weighted by molar-refractivity contribution is -0.143. The SMILES string of the molecule is COc1ccc2c(c1)c(C(=O)c1cnc(-c3ccccc3)o1)c(C(F)(F)F)n2Cc1ccc(Cl)cc1. The lowest BCUT2D eigenvalue weighted by atomic mass is 10.0. The second kappa shape index (κ2) is 9.20. The van der Waals surface area contributed by atoms with Gasteiger partial charge in [0, 0.05) is 28.0 Å². The number of hydrogen-bond donors (Lipinski definition) is 0. The van der Waals surface area contributed by atoms with Crippen LogP contribution in [0.3, 0.4) is 0 Å². The molecule has 0 aliphatic rings. The fraction of sp³-hybridized carbons (Fsp3) is 0.111. The van der Waals surface area contributed by atoms with Crippen LogP contribution < -0.4 is 4.74 Å². The smallest absolute Gasteiger partial charge is 0.432 e. The van der Waals surface area contributed by atoms with Crippen molar-refractivity contribution in [1.29, 1.82) is 0 Å². The van der Waals surface area contributed by atoms with Crippen LogP contribution in [0.15, 0.2) is 83.4 Å². The average Bonchev–Trinajstić information content (AvgIpc) is 3.49. The van der Waals surface area contributed by atoms with Gasteiger partial charge >= 0.3 is 6.18 Å². The largest absolute Gasteiger partial charge is 0.497 e. The summed E-state index contributed by atoms with van der Waals surface area (Å²) in [6.07, 6.45) is -3.70. The summed E-state index contributed by atoms with van der Waals surface area (Å²) in [6, 6.07) is 19.7. The van der Waals surface area contributed by atoms with Crippen molar-refractivity contribution in [3.63, 3.8) is 0 Å². The molecule has 5 aromatic rings. The third kappa shape index (κ3) is 4.35. The fourth-order valence-electron chi connectivity index (χ4n) is 4.14. The molecule has 0 atom stereocenters. The minimum Gasteiger partial charge on any atom is -0.497 e. The molecule has 5 nitrogen and oxygen atoms in total. The van der Waals surface area contributed by atoms with Gasteiger partial charge in [-0.3, -0.25) is 4.79 Å². The van der Waals surface area contributed by atoms with Crippen molar-refractivity contribution < 1.29 is 27.1 Å². The van der Waals surface area contributed by atoms with Crippen LogP contribution in [-0.4, -0.2) is 22.4 Å². The van der Waals surface area contributed by atoms with Gasteiger partial charge in [-0.05, 0) is 48.0 Å². The van der Waals surface area contributed by atoms with E-state index in [0.717, 1.165) is 10.8 Å². The molecule has 9 heteroatoms.